The van der Waals surface area contributed by atoms with E-state index >= 15 is 0 Å². The summed E-state index contributed by atoms with van der Waals surface area (Å²) in [4.78, 5) is 65.8. The molecule has 5 saturated heterocycles. The molecule has 11 rings (SSSR count). The Bertz CT molecular complexity index is 2630. The van der Waals surface area contributed by atoms with Crippen molar-refractivity contribution in [2.75, 3.05) is 67.5 Å². The van der Waals surface area contributed by atoms with Crippen LogP contribution >= 0.6 is 0 Å². The molecule has 20 heteroatoms. The van der Waals surface area contributed by atoms with Gasteiger partial charge in [0, 0.05) is 83.8 Å². The number of rotatable bonds is 9. The molecule has 3 amide bonds. The largest absolute Gasteiger partial charge is 0.374 e. The normalized spacial score (nSPS) is 26.3. The van der Waals surface area contributed by atoms with E-state index in [1.54, 1.807) is 28.7 Å². The highest BCUT2D eigenvalue weighted by Crippen LogP contribution is 2.37. The molecule has 4 aromatic heterocycles. The van der Waals surface area contributed by atoms with Crippen LogP contribution in [0.1, 0.15) is 79.5 Å². The number of carbonyl (C=O) groups is 3. The lowest BCUT2D eigenvalue weighted by atomic mass is 9.89. The standard InChI is InChI=1S/C42H49F2N13O5/c1-50-37-31(3-2-4-32(37)57(42(50)61)33-9-10-35(58)48-41(33)60)53-19-27(20-53)52-15-13-51(14-16-52)24-5-7-25(8-6-24)56-22-30(36(49-56)38(43)44)46-40(59)29-18-45-55-12-11-34(47-39(29)55)54-21-28-17-26(54)23-62-28/h2-4,11-12,18,22,24-28,33,38H,5-10,13-17,19-21,23H2,1H3,(H,46,59)(H,48,58,60)/t24?,25?,26-,28-,33?/m1/s1. The predicted molar refractivity (Wildman–Crippen MR) is 223 cm³/mol. The van der Waals surface area contributed by atoms with Crippen LogP contribution in [0.5, 0.6) is 0 Å². The molecular formula is C42H49F2N13O5. The van der Waals surface area contributed by atoms with Crippen LogP contribution in [-0.4, -0.2) is 138 Å². The Hall–Kier alpha value is -5.73. The van der Waals surface area contributed by atoms with Gasteiger partial charge in [0.15, 0.2) is 11.3 Å². The lowest BCUT2D eigenvalue weighted by molar-refractivity contribution is -0.135. The van der Waals surface area contributed by atoms with Crippen molar-refractivity contribution in [3.8, 4) is 0 Å². The van der Waals surface area contributed by atoms with Crippen LogP contribution in [0.3, 0.4) is 0 Å². The summed E-state index contributed by atoms with van der Waals surface area (Å²) in [5.74, 6) is -0.592. The molecule has 62 heavy (non-hydrogen) atoms. The molecule has 2 bridgehead atoms. The van der Waals surface area contributed by atoms with Gasteiger partial charge in [-0.3, -0.25) is 43.3 Å². The molecule has 18 nitrogen and oxygen atoms in total. The number of imidazole rings is 1. The Balaban J connectivity index is 0.690. The van der Waals surface area contributed by atoms with Gasteiger partial charge in [-0.2, -0.15) is 10.2 Å². The quantitative estimate of drug-likeness (QED) is 0.208. The zero-order valence-corrected chi connectivity index (χ0v) is 34.4. The number of carbonyl (C=O) groups excluding carboxylic acids is 3. The Morgan fingerprint density at radius 3 is 2.40 bits per heavy atom. The summed E-state index contributed by atoms with van der Waals surface area (Å²) in [5.41, 5.74) is 2.27. The Morgan fingerprint density at radius 2 is 1.69 bits per heavy atom. The van der Waals surface area contributed by atoms with Crippen molar-refractivity contribution in [2.24, 2.45) is 7.05 Å². The first-order valence-corrected chi connectivity index (χ1v) is 21.8. The van der Waals surface area contributed by atoms with Gasteiger partial charge in [0.2, 0.25) is 11.8 Å². The molecule has 2 N–H and O–H groups in total. The van der Waals surface area contributed by atoms with E-state index in [2.05, 4.69) is 40.4 Å². The number of hydrogen-bond acceptors (Lipinski definition) is 12. The summed E-state index contributed by atoms with van der Waals surface area (Å²) < 4.78 is 40.7. The first-order chi connectivity index (χ1) is 30.1. The molecule has 0 radical (unpaired) electrons. The number of amides is 3. The molecule has 1 saturated carbocycles. The van der Waals surface area contributed by atoms with E-state index in [4.69, 9.17) is 9.72 Å². The summed E-state index contributed by atoms with van der Waals surface area (Å²) in [6, 6.07) is 7.94. The van der Waals surface area contributed by atoms with Gasteiger partial charge in [-0.15, -0.1) is 0 Å². The number of nitrogens with zero attached hydrogens (tertiary/aromatic N) is 11. The van der Waals surface area contributed by atoms with E-state index in [9.17, 15) is 28.0 Å². The van der Waals surface area contributed by atoms with Crippen LogP contribution in [-0.2, 0) is 21.4 Å². The number of fused-ring (bicyclic) bond motifs is 4. The Morgan fingerprint density at radius 1 is 0.935 bits per heavy atom. The highest BCUT2D eigenvalue weighted by molar-refractivity contribution is 6.08. The maximum Gasteiger partial charge on any atom is 0.329 e. The minimum absolute atomic E-state index is 0.00586. The molecule has 5 aromatic rings. The topological polar surface area (TPSA) is 172 Å². The maximum absolute atomic E-state index is 14.3. The highest BCUT2D eigenvalue weighted by atomic mass is 19.3. The van der Waals surface area contributed by atoms with Gasteiger partial charge in [-0.05, 0) is 56.7 Å². The van der Waals surface area contributed by atoms with E-state index in [1.807, 2.05) is 24.3 Å². The number of ether oxygens (including phenoxy) is 1. The first-order valence-electron chi connectivity index (χ1n) is 21.8. The zero-order valence-electron chi connectivity index (χ0n) is 34.4. The second kappa shape index (κ2) is 15.3. The lowest BCUT2D eigenvalue weighted by Crippen LogP contribution is -2.64. The number of alkyl halides is 2. The van der Waals surface area contributed by atoms with E-state index in [0.29, 0.717) is 36.3 Å². The van der Waals surface area contributed by atoms with Crippen molar-refractivity contribution in [1.29, 1.82) is 0 Å². The second-order valence-electron chi connectivity index (χ2n) is 17.7. The SMILES string of the molecule is Cn1c(=O)n(C2CCC(=O)NC2=O)c2cccc(N3CC(N4CCN(C5CCC(n6cc(NC(=O)c7cnn8ccc(N9C[C@H]%10C[C@@H]9CO%10)nc78)c(C(F)F)n6)CC5)CC4)C3)c21. The van der Waals surface area contributed by atoms with E-state index in [1.165, 1.54) is 15.3 Å². The van der Waals surface area contributed by atoms with Crippen molar-refractivity contribution >= 4 is 51.6 Å². The molecule has 1 aromatic carbocycles. The van der Waals surface area contributed by atoms with Crippen LogP contribution < -0.4 is 26.1 Å². The number of hydrogen-bond donors (Lipinski definition) is 2. The van der Waals surface area contributed by atoms with Crippen molar-refractivity contribution in [3.05, 3.63) is 64.6 Å². The smallest absolute Gasteiger partial charge is 0.329 e. The van der Waals surface area contributed by atoms with Gasteiger partial charge in [0.05, 0.1) is 53.4 Å². The van der Waals surface area contributed by atoms with Crippen LogP contribution in [0.4, 0.5) is 26.0 Å². The fraction of sp³-hybridized carbons (Fsp3) is 0.548. The van der Waals surface area contributed by atoms with E-state index in [0.717, 1.165) is 94.9 Å². The van der Waals surface area contributed by atoms with Crippen molar-refractivity contribution in [3.63, 3.8) is 0 Å². The zero-order chi connectivity index (χ0) is 42.4. The molecule has 9 heterocycles. The lowest BCUT2D eigenvalue weighted by Gasteiger charge is -2.50. The molecule has 5 aliphatic heterocycles. The van der Waals surface area contributed by atoms with Crippen LogP contribution in [0, 0.1) is 0 Å². The number of imide groups is 1. The van der Waals surface area contributed by atoms with E-state index < -0.39 is 30.0 Å². The summed E-state index contributed by atoms with van der Waals surface area (Å²) in [5, 5.41) is 13.7. The van der Waals surface area contributed by atoms with Crippen molar-refractivity contribution < 1.29 is 27.9 Å². The molecule has 1 unspecified atom stereocenters. The third-order valence-corrected chi connectivity index (χ3v) is 14.2. The molecule has 1 aliphatic carbocycles. The average Bonchev–Trinajstić information content (AvgIpc) is 4.11. The minimum Gasteiger partial charge on any atom is -0.374 e. The van der Waals surface area contributed by atoms with Gasteiger partial charge in [-0.25, -0.2) is 23.1 Å². The minimum atomic E-state index is -2.86. The Kier molecular flexibility index (Phi) is 9.64. The number of aromatic nitrogens is 7. The van der Waals surface area contributed by atoms with Gasteiger partial charge in [0.1, 0.15) is 17.4 Å². The highest BCUT2D eigenvalue weighted by Gasteiger charge is 2.41. The van der Waals surface area contributed by atoms with Crippen LogP contribution in [0.25, 0.3) is 16.7 Å². The van der Waals surface area contributed by atoms with Gasteiger partial charge < -0.3 is 19.9 Å². The summed E-state index contributed by atoms with van der Waals surface area (Å²) in [7, 11) is 1.74. The number of piperidine rings is 1. The number of morpholine rings is 1. The number of nitrogens with one attached hydrogen (secondary N) is 2. The third kappa shape index (κ3) is 6.64. The van der Waals surface area contributed by atoms with Gasteiger partial charge >= 0.3 is 5.69 Å². The number of halogens is 2. The van der Waals surface area contributed by atoms with Crippen molar-refractivity contribution in [2.45, 2.75) is 87.7 Å². The van der Waals surface area contributed by atoms with Crippen molar-refractivity contribution in [1.82, 2.24) is 48.6 Å². The molecule has 326 valence electrons. The molecule has 0 spiro atoms. The third-order valence-electron chi connectivity index (χ3n) is 14.2. The average molecular weight is 854 g/mol. The first kappa shape index (κ1) is 39.1. The predicted octanol–water partition coefficient (Wildman–Crippen LogP) is 2.71. The molecule has 6 fully saturated rings. The number of piperazine rings is 1. The number of aryl methyl sites for hydroxylation is 1. The van der Waals surface area contributed by atoms with E-state index in [-0.39, 0.29) is 47.5 Å². The number of anilines is 3. The van der Waals surface area contributed by atoms with Gasteiger partial charge in [0.25, 0.3) is 12.3 Å². The number of benzene rings is 1. The molecule has 6 aliphatic rings. The summed E-state index contributed by atoms with van der Waals surface area (Å²) in [6.07, 6.45) is 6.91. The maximum atomic E-state index is 14.3. The molecular weight excluding hydrogens is 805 g/mol. The van der Waals surface area contributed by atoms with Crippen LogP contribution in [0.2, 0.25) is 0 Å². The summed E-state index contributed by atoms with van der Waals surface area (Å²) in [6.45, 7) is 6.85. The fourth-order valence-corrected chi connectivity index (χ4v) is 10.8. The van der Waals surface area contributed by atoms with Crippen LogP contribution in [0.15, 0.2) is 47.7 Å². The molecule has 3 atom stereocenters. The number of para-hydroxylation sites is 1. The Labute approximate surface area is 354 Å². The fourth-order valence-electron chi connectivity index (χ4n) is 10.8. The second-order valence-corrected chi connectivity index (χ2v) is 17.7. The van der Waals surface area contributed by atoms with Gasteiger partial charge in [-0.1, -0.05) is 6.07 Å². The summed E-state index contributed by atoms with van der Waals surface area (Å²) >= 11 is 0. The monoisotopic (exact) mass is 853 g/mol.